The lowest BCUT2D eigenvalue weighted by Crippen LogP contribution is -2.27. The second kappa shape index (κ2) is 6.62. The van der Waals surface area contributed by atoms with Gasteiger partial charge in [0.25, 0.3) is 5.56 Å². The standard InChI is InChI=1S/C18H18N4O2/c1-12(2)22-18(24)14-8-4-3-7-13(14)15(21-22)11-17(23)20-16-9-5-6-10-19-16/h3-10,12H,11H2,1-2H3,(H,19,20,23). The summed E-state index contributed by atoms with van der Waals surface area (Å²) in [6.07, 6.45) is 1.69. The summed E-state index contributed by atoms with van der Waals surface area (Å²) < 4.78 is 1.42. The molecule has 0 aliphatic rings. The number of nitrogens with one attached hydrogen (secondary N) is 1. The summed E-state index contributed by atoms with van der Waals surface area (Å²) in [6.45, 7) is 3.78. The number of carbonyl (C=O) groups is 1. The molecular formula is C18H18N4O2. The number of hydrogen-bond acceptors (Lipinski definition) is 4. The van der Waals surface area contributed by atoms with Crippen LogP contribution in [0, 0.1) is 0 Å². The average molecular weight is 322 g/mol. The van der Waals surface area contributed by atoms with Crippen LogP contribution in [0.3, 0.4) is 0 Å². The van der Waals surface area contributed by atoms with E-state index in [0.717, 1.165) is 0 Å². The molecular weight excluding hydrogens is 304 g/mol. The van der Waals surface area contributed by atoms with Crippen molar-refractivity contribution in [3.05, 3.63) is 64.7 Å². The van der Waals surface area contributed by atoms with Crippen LogP contribution in [0.2, 0.25) is 0 Å². The number of amides is 1. The number of nitrogens with zero attached hydrogens (tertiary/aromatic N) is 3. The van der Waals surface area contributed by atoms with Gasteiger partial charge in [0.2, 0.25) is 5.91 Å². The van der Waals surface area contributed by atoms with E-state index in [2.05, 4.69) is 15.4 Å². The Kier molecular flexibility index (Phi) is 4.37. The molecule has 1 N–H and O–H groups in total. The van der Waals surface area contributed by atoms with Gasteiger partial charge >= 0.3 is 0 Å². The summed E-state index contributed by atoms with van der Waals surface area (Å²) in [7, 11) is 0. The summed E-state index contributed by atoms with van der Waals surface area (Å²) in [4.78, 5) is 28.9. The topological polar surface area (TPSA) is 76.9 Å². The molecule has 3 rings (SSSR count). The fraction of sp³-hybridized carbons (Fsp3) is 0.222. The Morgan fingerprint density at radius 3 is 2.50 bits per heavy atom. The number of anilines is 1. The van der Waals surface area contributed by atoms with Crippen LogP contribution in [-0.2, 0) is 11.2 Å². The first-order valence-corrected chi connectivity index (χ1v) is 7.77. The molecule has 1 aromatic carbocycles. The highest BCUT2D eigenvalue weighted by Gasteiger charge is 2.15. The predicted molar refractivity (Wildman–Crippen MR) is 93.0 cm³/mol. The van der Waals surface area contributed by atoms with Gasteiger partial charge in [-0.15, -0.1) is 0 Å². The Morgan fingerprint density at radius 1 is 1.12 bits per heavy atom. The van der Waals surface area contributed by atoms with E-state index in [1.165, 1.54) is 4.68 Å². The number of aromatic nitrogens is 3. The molecule has 2 heterocycles. The zero-order valence-corrected chi connectivity index (χ0v) is 13.6. The Labute approximate surface area is 139 Å². The van der Waals surface area contributed by atoms with Gasteiger partial charge in [0.15, 0.2) is 0 Å². The molecule has 24 heavy (non-hydrogen) atoms. The van der Waals surface area contributed by atoms with E-state index in [0.29, 0.717) is 22.3 Å². The van der Waals surface area contributed by atoms with Gasteiger partial charge in [0.1, 0.15) is 5.82 Å². The number of rotatable bonds is 4. The summed E-state index contributed by atoms with van der Waals surface area (Å²) in [5.41, 5.74) is 0.432. The van der Waals surface area contributed by atoms with Crippen LogP contribution < -0.4 is 10.9 Å². The zero-order chi connectivity index (χ0) is 17.1. The molecule has 2 aromatic heterocycles. The monoisotopic (exact) mass is 322 g/mol. The van der Waals surface area contributed by atoms with Gasteiger partial charge in [0, 0.05) is 11.6 Å². The SMILES string of the molecule is CC(C)n1nc(CC(=O)Nc2ccccn2)c2ccccc2c1=O. The van der Waals surface area contributed by atoms with E-state index in [9.17, 15) is 9.59 Å². The summed E-state index contributed by atoms with van der Waals surface area (Å²) >= 11 is 0. The summed E-state index contributed by atoms with van der Waals surface area (Å²) in [5, 5.41) is 8.42. The fourth-order valence-corrected chi connectivity index (χ4v) is 2.53. The summed E-state index contributed by atoms with van der Waals surface area (Å²) in [5.74, 6) is 0.268. The van der Waals surface area contributed by atoms with E-state index < -0.39 is 0 Å². The van der Waals surface area contributed by atoms with Crippen molar-refractivity contribution in [1.29, 1.82) is 0 Å². The largest absolute Gasteiger partial charge is 0.310 e. The van der Waals surface area contributed by atoms with Crippen LogP contribution in [0.5, 0.6) is 0 Å². The molecule has 6 nitrogen and oxygen atoms in total. The maximum atomic E-state index is 12.5. The molecule has 0 unspecified atom stereocenters. The lowest BCUT2D eigenvalue weighted by molar-refractivity contribution is -0.115. The van der Waals surface area contributed by atoms with Crippen LogP contribution in [0.25, 0.3) is 10.8 Å². The van der Waals surface area contributed by atoms with Gasteiger partial charge in [-0.3, -0.25) is 9.59 Å². The quantitative estimate of drug-likeness (QED) is 0.801. The molecule has 122 valence electrons. The molecule has 0 saturated heterocycles. The first-order chi connectivity index (χ1) is 11.6. The summed E-state index contributed by atoms with van der Waals surface area (Å²) in [6, 6.07) is 12.4. The number of hydrogen-bond donors (Lipinski definition) is 1. The average Bonchev–Trinajstić information content (AvgIpc) is 2.58. The van der Waals surface area contributed by atoms with Crippen molar-refractivity contribution in [2.24, 2.45) is 0 Å². The predicted octanol–water partition coefficient (Wildman–Crippen LogP) is 2.55. The molecule has 0 saturated carbocycles. The van der Waals surface area contributed by atoms with Crippen LogP contribution in [0.4, 0.5) is 5.82 Å². The van der Waals surface area contributed by atoms with E-state index in [4.69, 9.17) is 0 Å². The van der Waals surface area contributed by atoms with Crippen LogP contribution in [0.15, 0.2) is 53.5 Å². The van der Waals surface area contributed by atoms with E-state index in [1.807, 2.05) is 32.0 Å². The van der Waals surface area contributed by atoms with Crippen LogP contribution >= 0.6 is 0 Å². The van der Waals surface area contributed by atoms with Gasteiger partial charge in [-0.05, 0) is 32.0 Å². The fourth-order valence-electron chi connectivity index (χ4n) is 2.53. The van der Waals surface area contributed by atoms with E-state index in [-0.39, 0.29) is 23.9 Å². The van der Waals surface area contributed by atoms with Crippen molar-refractivity contribution in [2.45, 2.75) is 26.3 Å². The van der Waals surface area contributed by atoms with E-state index >= 15 is 0 Å². The van der Waals surface area contributed by atoms with Gasteiger partial charge < -0.3 is 5.32 Å². The van der Waals surface area contributed by atoms with Crippen molar-refractivity contribution >= 4 is 22.5 Å². The normalized spacial score (nSPS) is 11.0. The Morgan fingerprint density at radius 2 is 1.83 bits per heavy atom. The van der Waals surface area contributed by atoms with E-state index in [1.54, 1.807) is 30.5 Å². The molecule has 0 aliphatic carbocycles. The maximum absolute atomic E-state index is 12.5. The molecule has 0 fully saturated rings. The molecule has 0 bridgehead atoms. The lowest BCUT2D eigenvalue weighted by atomic mass is 10.1. The number of fused-ring (bicyclic) bond motifs is 1. The van der Waals surface area contributed by atoms with Crippen LogP contribution in [-0.4, -0.2) is 20.7 Å². The molecule has 0 atom stereocenters. The first kappa shape index (κ1) is 15.9. The molecule has 0 radical (unpaired) electrons. The van der Waals surface area contributed by atoms with Crippen LogP contribution in [0.1, 0.15) is 25.6 Å². The highest BCUT2D eigenvalue weighted by atomic mass is 16.2. The third-order valence-electron chi connectivity index (χ3n) is 3.65. The third kappa shape index (κ3) is 3.17. The Balaban J connectivity index is 1.98. The number of carbonyl (C=O) groups excluding carboxylic acids is 1. The second-order valence-electron chi connectivity index (χ2n) is 5.78. The number of benzene rings is 1. The lowest BCUT2D eigenvalue weighted by Gasteiger charge is -2.13. The van der Waals surface area contributed by atoms with Gasteiger partial charge in [0.05, 0.1) is 23.5 Å². The molecule has 0 spiro atoms. The minimum absolute atomic E-state index is 0.0735. The molecule has 1 amide bonds. The van der Waals surface area contributed by atoms with Crippen molar-refractivity contribution in [3.63, 3.8) is 0 Å². The first-order valence-electron chi connectivity index (χ1n) is 7.77. The minimum Gasteiger partial charge on any atom is -0.310 e. The zero-order valence-electron chi connectivity index (χ0n) is 13.6. The second-order valence-corrected chi connectivity index (χ2v) is 5.78. The number of pyridine rings is 1. The highest BCUT2D eigenvalue weighted by molar-refractivity contribution is 5.94. The van der Waals surface area contributed by atoms with Gasteiger partial charge in [-0.25, -0.2) is 9.67 Å². The van der Waals surface area contributed by atoms with Gasteiger partial charge in [-0.2, -0.15) is 5.10 Å². The van der Waals surface area contributed by atoms with Crippen molar-refractivity contribution in [2.75, 3.05) is 5.32 Å². The minimum atomic E-state index is -0.222. The molecule has 6 heteroatoms. The van der Waals surface area contributed by atoms with Gasteiger partial charge in [-0.1, -0.05) is 24.3 Å². The van der Waals surface area contributed by atoms with Crippen molar-refractivity contribution in [1.82, 2.24) is 14.8 Å². The smallest absolute Gasteiger partial charge is 0.274 e. The Hall–Kier alpha value is -3.02. The van der Waals surface area contributed by atoms with Crippen molar-refractivity contribution < 1.29 is 4.79 Å². The Bertz CT molecular complexity index is 933. The molecule has 3 aromatic rings. The highest BCUT2D eigenvalue weighted by Crippen LogP contribution is 2.15. The third-order valence-corrected chi connectivity index (χ3v) is 3.65. The molecule has 0 aliphatic heterocycles. The maximum Gasteiger partial charge on any atom is 0.274 e. The van der Waals surface area contributed by atoms with Crippen molar-refractivity contribution in [3.8, 4) is 0 Å².